The molecule has 0 fully saturated rings. The number of pyridine rings is 1. The van der Waals surface area contributed by atoms with Crippen LogP contribution < -0.4 is 10.6 Å². The Hall–Kier alpha value is -3.68. The van der Waals surface area contributed by atoms with E-state index in [1.807, 2.05) is 0 Å². The van der Waals surface area contributed by atoms with Crippen LogP contribution in [0.1, 0.15) is 20.8 Å². The fourth-order valence-electron chi connectivity index (χ4n) is 2.22. The third-order valence-electron chi connectivity index (χ3n) is 3.55. The van der Waals surface area contributed by atoms with Crippen LogP contribution in [0.3, 0.4) is 0 Å². The van der Waals surface area contributed by atoms with Crippen molar-refractivity contribution >= 4 is 23.2 Å². The Bertz CT molecular complexity index is 1020. The third-order valence-corrected chi connectivity index (χ3v) is 3.55. The minimum absolute atomic E-state index is 0.0269. The summed E-state index contributed by atoms with van der Waals surface area (Å²) in [5.41, 5.74) is -0.0291. The first-order valence-corrected chi connectivity index (χ1v) is 7.72. The first kappa shape index (κ1) is 18.1. The van der Waals surface area contributed by atoms with Crippen molar-refractivity contribution in [1.82, 2.24) is 4.98 Å². The molecule has 3 rings (SSSR count). The van der Waals surface area contributed by atoms with Crippen LogP contribution in [0.25, 0.3) is 0 Å². The summed E-state index contributed by atoms with van der Waals surface area (Å²) in [5.74, 6) is -4.11. The Labute approximate surface area is 151 Å². The molecule has 27 heavy (non-hydrogen) atoms. The number of nitrogens with one attached hydrogen (secondary N) is 2. The van der Waals surface area contributed by atoms with E-state index < -0.39 is 29.3 Å². The zero-order chi connectivity index (χ0) is 19.4. The standard InChI is InChI=1S/C19H12F3N3O2/c20-13-6-5-12(10-15(13)22)24-18(26)11-7-8-23-17(9-11)19(27)25-16-4-2-1-3-14(16)21/h1-10H,(H,24,26)(H,25,27). The van der Waals surface area contributed by atoms with Gasteiger partial charge in [0.25, 0.3) is 11.8 Å². The Balaban J connectivity index is 1.76. The molecule has 8 heteroatoms. The first-order valence-electron chi connectivity index (χ1n) is 7.72. The zero-order valence-corrected chi connectivity index (χ0v) is 13.7. The Morgan fingerprint density at radius 2 is 1.56 bits per heavy atom. The molecule has 0 saturated heterocycles. The van der Waals surface area contributed by atoms with Crippen molar-refractivity contribution in [3.63, 3.8) is 0 Å². The molecule has 2 aromatic carbocycles. The van der Waals surface area contributed by atoms with Crippen LogP contribution >= 0.6 is 0 Å². The quantitative estimate of drug-likeness (QED) is 0.728. The normalized spacial score (nSPS) is 10.3. The highest BCUT2D eigenvalue weighted by Gasteiger charge is 2.14. The van der Waals surface area contributed by atoms with Crippen LogP contribution in [-0.4, -0.2) is 16.8 Å². The highest BCUT2D eigenvalue weighted by molar-refractivity contribution is 6.07. The number of para-hydroxylation sites is 1. The van der Waals surface area contributed by atoms with Crippen molar-refractivity contribution in [1.29, 1.82) is 0 Å². The Morgan fingerprint density at radius 1 is 0.778 bits per heavy atom. The Morgan fingerprint density at radius 3 is 2.30 bits per heavy atom. The van der Waals surface area contributed by atoms with Crippen LogP contribution in [0.2, 0.25) is 0 Å². The van der Waals surface area contributed by atoms with Gasteiger partial charge in [-0.25, -0.2) is 13.2 Å². The van der Waals surface area contributed by atoms with E-state index in [0.717, 1.165) is 12.1 Å². The van der Waals surface area contributed by atoms with E-state index in [0.29, 0.717) is 0 Å². The number of aromatic nitrogens is 1. The smallest absolute Gasteiger partial charge is 0.274 e. The molecular formula is C19H12F3N3O2. The van der Waals surface area contributed by atoms with Gasteiger partial charge in [-0.3, -0.25) is 14.6 Å². The average molecular weight is 371 g/mol. The molecule has 0 spiro atoms. The lowest BCUT2D eigenvalue weighted by molar-refractivity contribution is 0.102. The molecule has 1 aromatic heterocycles. The monoisotopic (exact) mass is 371 g/mol. The number of rotatable bonds is 4. The van der Waals surface area contributed by atoms with E-state index in [1.165, 1.54) is 42.6 Å². The van der Waals surface area contributed by atoms with Gasteiger partial charge in [0, 0.05) is 23.5 Å². The van der Waals surface area contributed by atoms with Gasteiger partial charge in [0.2, 0.25) is 0 Å². The lowest BCUT2D eigenvalue weighted by Crippen LogP contribution is -2.17. The number of amides is 2. The Kier molecular flexibility index (Phi) is 5.16. The highest BCUT2D eigenvalue weighted by Crippen LogP contribution is 2.16. The van der Waals surface area contributed by atoms with Crippen molar-refractivity contribution in [2.45, 2.75) is 0 Å². The molecule has 0 unspecified atom stereocenters. The molecule has 0 atom stereocenters. The fourth-order valence-corrected chi connectivity index (χ4v) is 2.22. The lowest BCUT2D eigenvalue weighted by Gasteiger charge is -2.08. The van der Waals surface area contributed by atoms with E-state index in [4.69, 9.17) is 0 Å². The molecule has 1 heterocycles. The summed E-state index contributed by atoms with van der Waals surface area (Å²) in [4.78, 5) is 28.3. The molecule has 5 nitrogen and oxygen atoms in total. The topological polar surface area (TPSA) is 71.1 Å². The van der Waals surface area contributed by atoms with Crippen molar-refractivity contribution in [3.8, 4) is 0 Å². The van der Waals surface area contributed by atoms with Crippen molar-refractivity contribution < 1.29 is 22.8 Å². The maximum absolute atomic E-state index is 13.6. The number of nitrogens with zero attached hydrogens (tertiary/aromatic N) is 1. The van der Waals surface area contributed by atoms with E-state index in [2.05, 4.69) is 15.6 Å². The zero-order valence-electron chi connectivity index (χ0n) is 13.7. The number of halogens is 3. The second kappa shape index (κ2) is 7.69. The number of anilines is 2. The summed E-state index contributed by atoms with van der Waals surface area (Å²) < 4.78 is 39.8. The number of carbonyl (C=O) groups is 2. The van der Waals surface area contributed by atoms with Gasteiger partial charge < -0.3 is 10.6 Å². The number of hydrogen-bond acceptors (Lipinski definition) is 3. The lowest BCUT2D eigenvalue weighted by atomic mass is 10.2. The molecule has 0 saturated carbocycles. The van der Waals surface area contributed by atoms with E-state index in [1.54, 1.807) is 6.07 Å². The number of hydrogen-bond donors (Lipinski definition) is 2. The SMILES string of the molecule is O=C(Nc1ccc(F)c(F)c1)c1ccnc(C(=O)Nc2ccccc2F)c1. The molecule has 0 aliphatic heterocycles. The minimum atomic E-state index is -1.10. The summed E-state index contributed by atoms with van der Waals surface area (Å²) >= 11 is 0. The highest BCUT2D eigenvalue weighted by atomic mass is 19.2. The van der Waals surface area contributed by atoms with Crippen LogP contribution in [0.5, 0.6) is 0 Å². The van der Waals surface area contributed by atoms with Crippen molar-refractivity contribution in [2.24, 2.45) is 0 Å². The summed E-state index contributed by atoms with van der Waals surface area (Å²) in [6.07, 6.45) is 1.23. The summed E-state index contributed by atoms with van der Waals surface area (Å²) in [6, 6.07) is 11.1. The second-order valence-electron chi connectivity index (χ2n) is 5.45. The second-order valence-corrected chi connectivity index (χ2v) is 5.45. The molecule has 0 aliphatic carbocycles. The fraction of sp³-hybridized carbons (Fsp3) is 0. The van der Waals surface area contributed by atoms with Gasteiger partial charge in [-0.1, -0.05) is 12.1 Å². The summed E-state index contributed by atoms with van der Waals surface area (Å²) in [7, 11) is 0. The van der Waals surface area contributed by atoms with Crippen molar-refractivity contribution in [3.05, 3.63) is 89.5 Å². The van der Waals surface area contributed by atoms with Crippen LogP contribution in [0.15, 0.2) is 60.8 Å². The average Bonchev–Trinajstić information content (AvgIpc) is 2.66. The van der Waals surface area contributed by atoms with Gasteiger partial charge in [0.05, 0.1) is 5.69 Å². The molecule has 2 N–H and O–H groups in total. The van der Waals surface area contributed by atoms with Gasteiger partial charge in [0.15, 0.2) is 11.6 Å². The minimum Gasteiger partial charge on any atom is -0.322 e. The molecule has 0 bridgehead atoms. The van der Waals surface area contributed by atoms with Gasteiger partial charge in [0.1, 0.15) is 11.5 Å². The largest absolute Gasteiger partial charge is 0.322 e. The van der Waals surface area contributed by atoms with Gasteiger partial charge in [-0.15, -0.1) is 0 Å². The molecule has 0 aliphatic rings. The third kappa shape index (κ3) is 4.30. The first-order chi connectivity index (χ1) is 12.9. The predicted octanol–water partition coefficient (Wildman–Crippen LogP) is 4.00. The number of benzene rings is 2. The van der Waals surface area contributed by atoms with E-state index >= 15 is 0 Å². The van der Waals surface area contributed by atoms with Gasteiger partial charge >= 0.3 is 0 Å². The van der Waals surface area contributed by atoms with Gasteiger partial charge in [-0.2, -0.15) is 0 Å². The van der Waals surface area contributed by atoms with Crippen LogP contribution in [-0.2, 0) is 0 Å². The van der Waals surface area contributed by atoms with E-state index in [-0.39, 0.29) is 22.6 Å². The molecule has 136 valence electrons. The maximum atomic E-state index is 13.6. The summed E-state index contributed by atoms with van der Waals surface area (Å²) in [6.45, 7) is 0. The van der Waals surface area contributed by atoms with Gasteiger partial charge in [-0.05, 0) is 36.4 Å². The molecule has 2 amide bonds. The summed E-state index contributed by atoms with van der Waals surface area (Å²) in [5, 5.41) is 4.74. The van der Waals surface area contributed by atoms with Crippen LogP contribution in [0.4, 0.5) is 24.5 Å². The van der Waals surface area contributed by atoms with Crippen LogP contribution in [0, 0.1) is 17.5 Å². The molecule has 3 aromatic rings. The number of carbonyl (C=O) groups excluding carboxylic acids is 2. The maximum Gasteiger partial charge on any atom is 0.274 e. The molecular weight excluding hydrogens is 359 g/mol. The predicted molar refractivity (Wildman–Crippen MR) is 92.9 cm³/mol. The molecule has 0 radical (unpaired) electrons. The van der Waals surface area contributed by atoms with E-state index in [9.17, 15) is 22.8 Å². The van der Waals surface area contributed by atoms with Crippen molar-refractivity contribution in [2.75, 3.05) is 10.6 Å².